The molecule has 0 amide bonds. The average molecular weight is 277 g/mol. The fourth-order valence-corrected chi connectivity index (χ4v) is 6.10. The first-order valence-corrected chi connectivity index (χ1v) is 9.10. The number of hydrogen-bond donors (Lipinski definition) is 1. The molecule has 3 aliphatic carbocycles. The zero-order valence-corrected chi connectivity index (χ0v) is 14.3. The van der Waals surface area contributed by atoms with Gasteiger partial charge in [0.15, 0.2) is 0 Å². The summed E-state index contributed by atoms with van der Waals surface area (Å²) in [5.41, 5.74) is 1.08. The Morgan fingerprint density at radius 1 is 1.00 bits per heavy atom. The molecule has 20 heavy (non-hydrogen) atoms. The number of rotatable bonds is 3. The lowest BCUT2D eigenvalue weighted by atomic mass is 9.67. The van der Waals surface area contributed by atoms with Crippen LogP contribution in [0.2, 0.25) is 0 Å². The second-order valence-corrected chi connectivity index (χ2v) is 9.31. The summed E-state index contributed by atoms with van der Waals surface area (Å²) < 4.78 is 0. The van der Waals surface area contributed by atoms with Crippen LogP contribution in [0.3, 0.4) is 0 Å². The van der Waals surface area contributed by atoms with E-state index < -0.39 is 0 Å². The van der Waals surface area contributed by atoms with Crippen LogP contribution in [0.4, 0.5) is 0 Å². The van der Waals surface area contributed by atoms with Crippen molar-refractivity contribution in [2.45, 2.75) is 91.6 Å². The molecule has 0 aliphatic heterocycles. The van der Waals surface area contributed by atoms with Gasteiger partial charge < -0.3 is 5.32 Å². The lowest BCUT2D eigenvalue weighted by Crippen LogP contribution is -2.56. The molecule has 116 valence electrons. The standard InChI is InChI=1S/C19H35N/c1-13(2)15-8-6-7-9-16(15)20-17-18(3,4)14-10-11-19(17,5)12-14/h13-17,20H,6-12H2,1-5H3. The minimum atomic E-state index is 0.506. The van der Waals surface area contributed by atoms with Gasteiger partial charge >= 0.3 is 0 Å². The van der Waals surface area contributed by atoms with Gasteiger partial charge in [-0.3, -0.25) is 0 Å². The maximum atomic E-state index is 4.21. The van der Waals surface area contributed by atoms with Crippen LogP contribution in [0, 0.1) is 28.6 Å². The van der Waals surface area contributed by atoms with E-state index in [0.29, 0.717) is 10.8 Å². The van der Waals surface area contributed by atoms with Gasteiger partial charge in [-0.15, -0.1) is 0 Å². The molecule has 1 N–H and O–H groups in total. The lowest BCUT2D eigenvalue weighted by Gasteiger charge is -2.47. The van der Waals surface area contributed by atoms with Gasteiger partial charge in [-0.05, 0) is 60.7 Å². The van der Waals surface area contributed by atoms with Crippen LogP contribution in [0.15, 0.2) is 0 Å². The Bertz CT molecular complexity index is 354. The Kier molecular flexibility index (Phi) is 3.72. The van der Waals surface area contributed by atoms with Gasteiger partial charge in [0.1, 0.15) is 0 Å². The van der Waals surface area contributed by atoms with E-state index in [1.807, 2.05) is 0 Å². The maximum absolute atomic E-state index is 4.21. The minimum Gasteiger partial charge on any atom is -0.310 e. The minimum absolute atomic E-state index is 0.506. The van der Waals surface area contributed by atoms with E-state index in [0.717, 1.165) is 29.8 Å². The van der Waals surface area contributed by atoms with Crippen molar-refractivity contribution in [3.8, 4) is 0 Å². The van der Waals surface area contributed by atoms with E-state index in [4.69, 9.17) is 0 Å². The SMILES string of the molecule is CC(C)C1CCCCC1NC1C2(C)CCC(C2)C1(C)C. The third-order valence-electron chi connectivity index (χ3n) is 7.33. The highest BCUT2D eigenvalue weighted by Crippen LogP contribution is 2.62. The van der Waals surface area contributed by atoms with Gasteiger partial charge in [0.25, 0.3) is 0 Å². The van der Waals surface area contributed by atoms with Crippen LogP contribution in [0.5, 0.6) is 0 Å². The topological polar surface area (TPSA) is 12.0 Å². The Morgan fingerprint density at radius 3 is 2.30 bits per heavy atom. The van der Waals surface area contributed by atoms with E-state index in [1.165, 1.54) is 44.9 Å². The second kappa shape index (κ2) is 5.00. The van der Waals surface area contributed by atoms with Crippen LogP contribution in [-0.4, -0.2) is 12.1 Å². The fraction of sp³-hybridized carbons (Fsp3) is 1.00. The zero-order valence-electron chi connectivity index (χ0n) is 14.3. The van der Waals surface area contributed by atoms with Crippen LogP contribution in [0.25, 0.3) is 0 Å². The van der Waals surface area contributed by atoms with Crippen molar-refractivity contribution in [2.24, 2.45) is 28.6 Å². The predicted molar refractivity (Wildman–Crippen MR) is 86.7 cm³/mol. The zero-order chi connectivity index (χ0) is 14.5. The van der Waals surface area contributed by atoms with Crippen molar-refractivity contribution in [3.63, 3.8) is 0 Å². The average Bonchev–Trinajstić information content (AvgIpc) is 2.86. The van der Waals surface area contributed by atoms with Crippen molar-refractivity contribution in [3.05, 3.63) is 0 Å². The van der Waals surface area contributed by atoms with Gasteiger partial charge in [-0.1, -0.05) is 47.5 Å². The molecule has 3 aliphatic rings. The van der Waals surface area contributed by atoms with E-state index in [-0.39, 0.29) is 0 Å². The van der Waals surface area contributed by atoms with E-state index in [9.17, 15) is 0 Å². The maximum Gasteiger partial charge on any atom is 0.0177 e. The predicted octanol–water partition coefficient (Wildman–Crippen LogP) is 5.01. The summed E-state index contributed by atoms with van der Waals surface area (Å²) in [5.74, 6) is 2.70. The highest BCUT2D eigenvalue weighted by molar-refractivity contribution is 5.13. The summed E-state index contributed by atoms with van der Waals surface area (Å²) in [6.45, 7) is 12.5. The quantitative estimate of drug-likeness (QED) is 0.765. The summed E-state index contributed by atoms with van der Waals surface area (Å²) in [5, 5.41) is 4.21. The Morgan fingerprint density at radius 2 is 1.70 bits per heavy atom. The normalized spacial score (nSPS) is 47.1. The monoisotopic (exact) mass is 277 g/mol. The molecular formula is C19H35N. The van der Waals surface area contributed by atoms with E-state index in [2.05, 4.69) is 39.9 Å². The van der Waals surface area contributed by atoms with Crippen LogP contribution in [-0.2, 0) is 0 Å². The molecule has 1 heteroatoms. The third-order valence-corrected chi connectivity index (χ3v) is 7.33. The molecule has 5 unspecified atom stereocenters. The molecule has 0 radical (unpaired) electrons. The third kappa shape index (κ3) is 2.25. The molecule has 2 bridgehead atoms. The molecule has 1 nitrogen and oxygen atoms in total. The first-order chi connectivity index (χ1) is 9.34. The second-order valence-electron chi connectivity index (χ2n) is 9.31. The Balaban J connectivity index is 1.76. The van der Waals surface area contributed by atoms with E-state index >= 15 is 0 Å². The van der Waals surface area contributed by atoms with Crippen molar-refractivity contribution < 1.29 is 0 Å². The molecule has 3 rings (SSSR count). The smallest absolute Gasteiger partial charge is 0.0177 e. The molecule has 0 aromatic heterocycles. The number of hydrogen-bond acceptors (Lipinski definition) is 1. The fourth-order valence-electron chi connectivity index (χ4n) is 6.10. The van der Waals surface area contributed by atoms with Crippen molar-refractivity contribution in [1.82, 2.24) is 5.32 Å². The van der Waals surface area contributed by atoms with Crippen molar-refractivity contribution >= 4 is 0 Å². The summed E-state index contributed by atoms with van der Waals surface area (Å²) >= 11 is 0. The van der Waals surface area contributed by atoms with Crippen molar-refractivity contribution in [2.75, 3.05) is 0 Å². The molecule has 0 aromatic carbocycles. The number of nitrogens with one attached hydrogen (secondary N) is 1. The first-order valence-electron chi connectivity index (χ1n) is 9.10. The molecular weight excluding hydrogens is 242 g/mol. The van der Waals surface area contributed by atoms with E-state index in [1.54, 1.807) is 0 Å². The van der Waals surface area contributed by atoms with Crippen LogP contribution in [0.1, 0.15) is 79.6 Å². The summed E-state index contributed by atoms with van der Waals surface area (Å²) in [4.78, 5) is 0. The largest absolute Gasteiger partial charge is 0.310 e. The van der Waals surface area contributed by atoms with Crippen LogP contribution >= 0.6 is 0 Å². The molecule has 3 fully saturated rings. The highest BCUT2D eigenvalue weighted by Gasteiger charge is 2.59. The molecule has 5 atom stereocenters. The lowest BCUT2D eigenvalue weighted by molar-refractivity contribution is 0.0726. The summed E-state index contributed by atoms with van der Waals surface area (Å²) in [6.07, 6.45) is 10.1. The van der Waals surface area contributed by atoms with Gasteiger partial charge in [0.05, 0.1) is 0 Å². The van der Waals surface area contributed by atoms with Gasteiger partial charge in [0.2, 0.25) is 0 Å². The van der Waals surface area contributed by atoms with Gasteiger partial charge in [0, 0.05) is 12.1 Å². The van der Waals surface area contributed by atoms with Gasteiger partial charge in [-0.2, -0.15) is 0 Å². The highest BCUT2D eigenvalue weighted by atomic mass is 15.0. The molecule has 0 heterocycles. The molecule has 3 saturated carbocycles. The van der Waals surface area contributed by atoms with Gasteiger partial charge in [-0.25, -0.2) is 0 Å². The molecule has 0 saturated heterocycles. The van der Waals surface area contributed by atoms with Crippen molar-refractivity contribution in [1.29, 1.82) is 0 Å². The Hall–Kier alpha value is -0.0400. The first kappa shape index (κ1) is 14.9. The molecule has 0 spiro atoms. The molecule has 0 aromatic rings. The van der Waals surface area contributed by atoms with Crippen LogP contribution < -0.4 is 5.32 Å². The summed E-state index contributed by atoms with van der Waals surface area (Å²) in [6, 6.07) is 1.53. The Labute approximate surface area is 126 Å². The summed E-state index contributed by atoms with van der Waals surface area (Å²) in [7, 11) is 0. The number of fused-ring (bicyclic) bond motifs is 2.